The number of nitrogens with one attached hydrogen (secondary N) is 1. The highest BCUT2D eigenvalue weighted by molar-refractivity contribution is 5.03. The molecular formula is C17H31NO2. The van der Waals surface area contributed by atoms with Crippen molar-refractivity contribution in [3.8, 4) is 0 Å². The van der Waals surface area contributed by atoms with E-state index in [0.29, 0.717) is 11.5 Å². The molecule has 3 aliphatic rings. The minimum atomic E-state index is 0.0405. The number of hydrogen-bond acceptors (Lipinski definition) is 3. The summed E-state index contributed by atoms with van der Waals surface area (Å²) in [5.74, 6) is 1.44. The summed E-state index contributed by atoms with van der Waals surface area (Å²) in [5, 5.41) is 3.97. The molecule has 0 saturated carbocycles. The summed E-state index contributed by atoms with van der Waals surface area (Å²) >= 11 is 0. The van der Waals surface area contributed by atoms with Gasteiger partial charge in [-0.25, -0.2) is 0 Å². The Hall–Kier alpha value is -0.120. The third-order valence-electron chi connectivity index (χ3n) is 6.04. The second kappa shape index (κ2) is 5.94. The molecule has 3 atom stereocenters. The molecule has 3 unspecified atom stereocenters. The lowest BCUT2D eigenvalue weighted by atomic mass is 9.66. The fourth-order valence-electron chi connectivity index (χ4n) is 4.77. The molecule has 3 heterocycles. The lowest BCUT2D eigenvalue weighted by Gasteiger charge is -2.50. The SMILES string of the molecule is CC(C)C1(C2CCOC3(CCOC3)C2)CCCCCN1. The van der Waals surface area contributed by atoms with Crippen molar-refractivity contribution in [1.29, 1.82) is 0 Å². The lowest BCUT2D eigenvalue weighted by molar-refractivity contribution is -0.117. The van der Waals surface area contributed by atoms with Crippen LogP contribution in [0.1, 0.15) is 58.8 Å². The molecule has 3 fully saturated rings. The Bertz CT molecular complexity index is 315. The Kier molecular flexibility index (Phi) is 4.40. The van der Waals surface area contributed by atoms with Gasteiger partial charge in [0.05, 0.1) is 12.2 Å². The van der Waals surface area contributed by atoms with Crippen molar-refractivity contribution in [2.45, 2.75) is 69.9 Å². The summed E-state index contributed by atoms with van der Waals surface area (Å²) in [6, 6.07) is 0. The van der Waals surface area contributed by atoms with Crippen molar-refractivity contribution in [2.75, 3.05) is 26.4 Å². The minimum Gasteiger partial charge on any atom is -0.378 e. The van der Waals surface area contributed by atoms with Gasteiger partial charge in [-0.05, 0) is 44.1 Å². The first-order chi connectivity index (χ1) is 9.67. The predicted molar refractivity (Wildman–Crippen MR) is 80.9 cm³/mol. The quantitative estimate of drug-likeness (QED) is 0.843. The van der Waals surface area contributed by atoms with Crippen LogP contribution in [0.15, 0.2) is 0 Å². The molecule has 1 N–H and O–H groups in total. The Labute approximate surface area is 123 Å². The van der Waals surface area contributed by atoms with Gasteiger partial charge in [0.25, 0.3) is 0 Å². The number of hydrogen-bond donors (Lipinski definition) is 1. The van der Waals surface area contributed by atoms with Gasteiger partial charge in [0.2, 0.25) is 0 Å². The van der Waals surface area contributed by atoms with Crippen molar-refractivity contribution in [3.63, 3.8) is 0 Å². The number of rotatable bonds is 2. The van der Waals surface area contributed by atoms with Crippen molar-refractivity contribution < 1.29 is 9.47 Å². The van der Waals surface area contributed by atoms with Gasteiger partial charge >= 0.3 is 0 Å². The van der Waals surface area contributed by atoms with E-state index in [1.165, 1.54) is 45.1 Å². The smallest absolute Gasteiger partial charge is 0.0940 e. The van der Waals surface area contributed by atoms with Gasteiger partial charge in [0, 0.05) is 25.2 Å². The van der Waals surface area contributed by atoms with Crippen molar-refractivity contribution >= 4 is 0 Å². The molecule has 3 saturated heterocycles. The molecule has 0 bridgehead atoms. The van der Waals surface area contributed by atoms with E-state index in [1.54, 1.807) is 0 Å². The van der Waals surface area contributed by atoms with Crippen LogP contribution in [0.5, 0.6) is 0 Å². The first-order valence-corrected chi connectivity index (χ1v) is 8.64. The van der Waals surface area contributed by atoms with Crippen LogP contribution >= 0.6 is 0 Å². The summed E-state index contributed by atoms with van der Waals surface area (Å²) in [6.07, 6.45) is 8.95. The first kappa shape index (κ1) is 14.8. The van der Waals surface area contributed by atoms with Crippen LogP contribution in [0, 0.1) is 11.8 Å². The predicted octanol–water partition coefficient (Wildman–Crippen LogP) is 3.13. The molecule has 0 aromatic carbocycles. The van der Waals surface area contributed by atoms with Crippen molar-refractivity contribution in [2.24, 2.45) is 11.8 Å². The van der Waals surface area contributed by atoms with Gasteiger partial charge in [-0.2, -0.15) is 0 Å². The summed E-state index contributed by atoms with van der Waals surface area (Å²) in [6.45, 7) is 8.63. The van der Waals surface area contributed by atoms with Crippen LogP contribution in [0.2, 0.25) is 0 Å². The summed E-state index contributed by atoms with van der Waals surface area (Å²) in [5.41, 5.74) is 0.370. The van der Waals surface area contributed by atoms with E-state index in [2.05, 4.69) is 19.2 Å². The van der Waals surface area contributed by atoms with Crippen LogP contribution in [0.25, 0.3) is 0 Å². The summed E-state index contributed by atoms with van der Waals surface area (Å²) in [7, 11) is 0. The molecule has 0 radical (unpaired) electrons. The molecular weight excluding hydrogens is 250 g/mol. The minimum absolute atomic E-state index is 0.0405. The maximum Gasteiger partial charge on any atom is 0.0940 e. The molecule has 3 aliphatic heterocycles. The monoisotopic (exact) mass is 281 g/mol. The Morgan fingerprint density at radius 2 is 2.00 bits per heavy atom. The maximum atomic E-state index is 6.15. The van der Waals surface area contributed by atoms with E-state index in [-0.39, 0.29) is 5.60 Å². The topological polar surface area (TPSA) is 30.5 Å². The fourth-order valence-corrected chi connectivity index (χ4v) is 4.77. The van der Waals surface area contributed by atoms with E-state index in [9.17, 15) is 0 Å². The largest absolute Gasteiger partial charge is 0.378 e. The van der Waals surface area contributed by atoms with Crippen molar-refractivity contribution in [1.82, 2.24) is 5.32 Å². The average molecular weight is 281 g/mol. The molecule has 1 spiro atoms. The first-order valence-electron chi connectivity index (χ1n) is 8.64. The standard InChI is InChI=1S/C17H31NO2/c1-14(2)17(7-4-3-5-9-18-17)15-6-10-20-16(12-15)8-11-19-13-16/h14-15,18H,3-13H2,1-2H3. The highest BCUT2D eigenvalue weighted by atomic mass is 16.6. The highest BCUT2D eigenvalue weighted by Crippen LogP contribution is 2.45. The van der Waals surface area contributed by atoms with Crippen LogP contribution in [-0.4, -0.2) is 37.5 Å². The molecule has 20 heavy (non-hydrogen) atoms. The Balaban J connectivity index is 1.79. The van der Waals surface area contributed by atoms with Gasteiger partial charge in [-0.15, -0.1) is 0 Å². The molecule has 116 valence electrons. The third kappa shape index (κ3) is 2.65. The van der Waals surface area contributed by atoms with Crippen molar-refractivity contribution in [3.05, 3.63) is 0 Å². The van der Waals surface area contributed by atoms with Gasteiger partial charge < -0.3 is 14.8 Å². The van der Waals surface area contributed by atoms with Gasteiger partial charge in [0.1, 0.15) is 0 Å². The second-order valence-corrected chi connectivity index (χ2v) is 7.46. The second-order valence-electron chi connectivity index (χ2n) is 7.46. The van der Waals surface area contributed by atoms with Crippen LogP contribution in [-0.2, 0) is 9.47 Å². The molecule has 3 nitrogen and oxygen atoms in total. The molecule has 3 rings (SSSR count). The zero-order valence-electron chi connectivity index (χ0n) is 13.2. The average Bonchev–Trinajstić information content (AvgIpc) is 2.75. The molecule has 0 aromatic rings. The van der Waals surface area contributed by atoms with E-state index >= 15 is 0 Å². The highest BCUT2D eigenvalue weighted by Gasteiger charge is 2.49. The molecule has 0 aromatic heterocycles. The molecule has 3 heteroatoms. The van der Waals surface area contributed by atoms with E-state index < -0.39 is 0 Å². The fraction of sp³-hybridized carbons (Fsp3) is 1.00. The van der Waals surface area contributed by atoms with Gasteiger partial charge in [0.15, 0.2) is 0 Å². The van der Waals surface area contributed by atoms with Crippen LogP contribution in [0.3, 0.4) is 0 Å². The Morgan fingerprint density at radius 1 is 1.10 bits per heavy atom. The van der Waals surface area contributed by atoms with E-state index in [4.69, 9.17) is 9.47 Å². The van der Waals surface area contributed by atoms with Crippen LogP contribution < -0.4 is 5.32 Å². The summed E-state index contributed by atoms with van der Waals surface area (Å²) in [4.78, 5) is 0. The van der Waals surface area contributed by atoms with E-state index in [0.717, 1.165) is 32.2 Å². The summed E-state index contributed by atoms with van der Waals surface area (Å²) < 4.78 is 11.8. The maximum absolute atomic E-state index is 6.15. The number of ether oxygens (including phenoxy) is 2. The zero-order valence-corrected chi connectivity index (χ0v) is 13.2. The lowest BCUT2D eigenvalue weighted by Crippen LogP contribution is -2.58. The zero-order chi connectivity index (χ0) is 14.1. The van der Waals surface area contributed by atoms with Gasteiger partial charge in [-0.3, -0.25) is 0 Å². The normalized spacial score (nSPS) is 43.0. The molecule has 0 aliphatic carbocycles. The molecule has 0 amide bonds. The third-order valence-corrected chi connectivity index (χ3v) is 6.04. The van der Waals surface area contributed by atoms with Crippen LogP contribution in [0.4, 0.5) is 0 Å². The van der Waals surface area contributed by atoms with Gasteiger partial charge in [-0.1, -0.05) is 26.7 Å². The Morgan fingerprint density at radius 3 is 2.75 bits per heavy atom. The van der Waals surface area contributed by atoms with E-state index in [1.807, 2.05) is 0 Å².